The van der Waals surface area contributed by atoms with Gasteiger partial charge in [-0.3, -0.25) is 9.69 Å². The minimum Gasteiger partial charge on any atom is -0.286 e. The van der Waals surface area contributed by atoms with Gasteiger partial charge >= 0.3 is 0 Å². The molecule has 128 valence electrons. The van der Waals surface area contributed by atoms with Gasteiger partial charge in [0.15, 0.2) is 0 Å². The number of amidine groups is 1. The fourth-order valence-corrected chi connectivity index (χ4v) is 3.56. The monoisotopic (exact) mass is 378 g/mol. The van der Waals surface area contributed by atoms with Crippen LogP contribution in [0.5, 0.6) is 0 Å². The zero-order chi connectivity index (χ0) is 17.9. The number of nitrogens with zero attached hydrogens (tertiary/aromatic N) is 2. The van der Waals surface area contributed by atoms with Gasteiger partial charge in [-0.2, -0.15) is 0 Å². The number of carbonyl (C=O) groups is 1. The molecule has 1 aromatic heterocycles. The van der Waals surface area contributed by atoms with Gasteiger partial charge in [0.2, 0.25) is 0 Å². The van der Waals surface area contributed by atoms with Gasteiger partial charge in [-0.25, -0.2) is 4.99 Å². The summed E-state index contributed by atoms with van der Waals surface area (Å²) in [4.78, 5) is 20.4. The summed E-state index contributed by atoms with van der Waals surface area (Å²) in [7, 11) is 0. The number of carbonyl (C=O) groups excluding carboxylic acids is 1. The van der Waals surface area contributed by atoms with Crippen LogP contribution in [0, 0.1) is 0 Å². The standard InChI is InChI=1S/C21H15ClN2OS/c22-17-10-8-15(9-11-17)14-24-20(16-5-2-1-3-6-16)23-19(21(24)25)13-18-7-4-12-26-18/h1-13H,14H2. The highest BCUT2D eigenvalue weighted by atomic mass is 35.5. The maximum atomic E-state index is 13.0. The van der Waals surface area contributed by atoms with E-state index in [2.05, 4.69) is 4.99 Å². The van der Waals surface area contributed by atoms with Crippen LogP contribution in [-0.2, 0) is 11.3 Å². The Kier molecular flexibility index (Phi) is 4.69. The average molecular weight is 379 g/mol. The first-order chi connectivity index (χ1) is 12.7. The van der Waals surface area contributed by atoms with Crippen molar-refractivity contribution < 1.29 is 4.79 Å². The van der Waals surface area contributed by atoms with Crippen molar-refractivity contribution in [1.29, 1.82) is 0 Å². The number of amides is 1. The molecule has 0 bridgehead atoms. The molecule has 0 N–H and O–H groups in total. The number of thiophene rings is 1. The highest BCUT2D eigenvalue weighted by molar-refractivity contribution is 7.10. The summed E-state index contributed by atoms with van der Waals surface area (Å²) in [5, 5.41) is 2.66. The maximum Gasteiger partial charge on any atom is 0.278 e. The Morgan fingerprint density at radius 3 is 2.46 bits per heavy atom. The molecule has 1 aliphatic heterocycles. The maximum absolute atomic E-state index is 13.0. The molecule has 0 fully saturated rings. The molecule has 0 radical (unpaired) electrons. The van der Waals surface area contributed by atoms with Gasteiger partial charge in [0.05, 0.1) is 6.54 Å². The molecular formula is C21H15ClN2OS. The normalized spacial score (nSPS) is 15.6. The molecule has 26 heavy (non-hydrogen) atoms. The largest absolute Gasteiger partial charge is 0.286 e. The third-order valence-corrected chi connectivity index (χ3v) is 5.13. The van der Waals surface area contributed by atoms with Crippen LogP contribution in [0.4, 0.5) is 0 Å². The van der Waals surface area contributed by atoms with E-state index >= 15 is 0 Å². The Morgan fingerprint density at radius 1 is 1.00 bits per heavy atom. The Hall–Kier alpha value is -2.69. The van der Waals surface area contributed by atoms with Crippen LogP contribution in [0.15, 0.2) is 82.8 Å². The van der Waals surface area contributed by atoms with Crippen LogP contribution >= 0.6 is 22.9 Å². The fourth-order valence-electron chi connectivity index (χ4n) is 2.79. The molecule has 1 amide bonds. The van der Waals surface area contributed by atoms with Crippen LogP contribution < -0.4 is 0 Å². The molecule has 0 atom stereocenters. The molecule has 2 aromatic carbocycles. The number of aliphatic imine (C=N–C) groups is 1. The SMILES string of the molecule is O=C1C(=Cc2cccs2)N=C(c2ccccc2)N1Cc1ccc(Cl)cc1. The Morgan fingerprint density at radius 2 is 1.77 bits per heavy atom. The zero-order valence-corrected chi connectivity index (χ0v) is 15.4. The van der Waals surface area contributed by atoms with E-state index in [-0.39, 0.29) is 5.91 Å². The second-order valence-corrected chi connectivity index (χ2v) is 7.28. The van der Waals surface area contributed by atoms with E-state index in [1.165, 1.54) is 0 Å². The lowest BCUT2D eigenvalue weighted by Crippen LogP contribution is -2.32. The van der Waals surface area contributed by atoms with E-state index in [9.17, 15) is 4.79 Å². The van der Waals surface area contributed by atoms with Crippen LogP contribution in [0.25, 0.3) is 6.08 Å². The lowest BCUT2D eigenvalue weighted by molar-refractivity contribution is -0.123. The molecule has 5 heteroatoms. The summed E-state index contributed by atoms with van der Waals surface area (Å²) in [5.41, 5.74) is 2.38. The zero-order valence-electron chi connectivity index (χ0n) is 13.8. The summed E-state index contributed by atoms with van der Waals surface area (Å²) in [5.74, 6) is 0.584. The van der Waals surface area contributed by atoms with Crippen molar-refractivity contribution in [3.63, 3.8) is 0 Å². The highest BCUT2D eigenvalue weighted by Gasteiger charge is 2.31. The van der Waals surface area contributed by atoms with Crippen LogP contribution in [0.2, 0.25) is 5.02 Å². The number of hydrogen-bond donors (Lipinski definition) is 0. The van der Waals surface area contributed by atoms with Crippen molar-refractivity contribution in [2.24, 2.45) is 4.99 Å². The van der Waals surface area contributed by atoms with Crippen molar-refractivity contribution in [1.82, 2.24) is 4.90 Å². The quantitative estimate of drug-likeness (QED) is 0.572. The summed E-state index contributed by atoms with van der Waals surface area (Å²) in [6.07, 6.45) is 1.85. The van der Waals surface area contributed by atoms with E-state index in [0.717, 1.165) is 16.0 Å². The van der Waals surface area contributed by atoms with Crippen LogP contribution in [-0.4, -0.2) is 16.6 Å². The minimum atomic E-state index is -0.0906. The van der Waals surface area contributed by atoms with E-state index in [1.54, 1.807) is 16.2 Å². The molecule has 1 aliphatic rings. The van der Waals surface area contributed by atoms with Gasteiger partial charge in [0, 0.05) is 15.5 Å². The predicted molar refractivity (Wildman–Crippen MR) is 107 cm³/mol. The summed E-state index contributed by atoms with van der Waals surface area (Å²) in [6.45, 7) is 0.450. The first-order valence-electron chi connectivity index (χ1n) is 8.16. The Bertz CT molecular complexity index is 977. The van der Waals surface area contributed by atoms with Gasteiger partial charge < -0.3 is 0 Å². The summed E-state index contributed by atoms with van der Waals surface area (Å²) < 4.78 is 0. The Balaban J connectivity index is 1.72. The smallest absolute Gasteiger partial charge is 0.278 e. The van der Waals surface area contributed by atoms with E-state index in [1.807, 2.05) is 78.2 Å². The van der Waals surface area contributed by atoms with E-state index in [0.29, 0.717) is 23.1 Å². The van der Waals surface area contributed by atoms with Gasteiger partial charge in [-0.15, -0.1) is 11.3 Å². The molecule has 0 saturated carbocycles. The number of benzene rings is 2. The molecule has 0 aliphatic carbocycles. The molecule has 2 heterocycles. The van der Waals surface area contributed by atoms with Crippen molar-refractivity contribution in [2.75, 3.05) is 0 Å². The van der Waals surface area contributed by atoms with Gasteiger partial charge in [0.1, 0.15) is 11.5 Å². The Labute approximate surface area is 160 Å². The minimum absolute atomic E-state index is 0.0906. The van der Waals surface area contributed by atoms with Crippen molar-refractivity contribution in [3.05, 3.63) is 98.8 Å². The van der Waals surface area contributed by atoms with E-state index < -0.39 is 0 Å². The molecule has 0 spiro atoms. The third-order valence-electron chi connectivity index (χ3n) is 4.05. The number of halogens is 1. The van der Waals surface area contributed by atoms with Gasteiger partial charge in [-0.1, -0.05) is 60.1 Å². The predicted octanol–water partition coefficient (Wildman–Crippen LogP) is 5.23. The fraction of sp³-hybridized carbons (Fsp3) is 0.0476. The third kappa shape index (κ3) is 3.47. The van der Waals surface area contributed by atoms with E-state index in [4.69, 9.17) is 11.6 Å². The second-order valence-electron chi connectivity index (χ2n) is 5.86. The van der Waals surface area contributed by atoms with Crippen LogP contribution in [0.1, 0.15) is 16.0 Å². The molecular weight excluding hydrogens is 364 g/mol. The van der Waals surface area contributed by atoms with Crippen molar-refractivity contribution >= 4 is 40.8 Å². The summed E-state index contributed by atoms with van der Waals surface area (Å²) in [6, 6.07) is 21.2. The lowest BCUT2D eigenvalue weighted by atomic mass is 10.1. The van der Waals surface area contributed by atoms with Crippen LogP contribution in [0.3, 0.4) is 0 Å². The molecule has 0 saturated heterocycles. The highest BCUT2D eigenvalue weighted by Crippen LogP contribution is 2.25. The number of rotatable bonds is 4. The molecule has 3 aromatic rings. The van der Waals surface area contributed by atoms with Crippen molar-refractivity contribution in [2.45, 2.75) is 6.54 Å². The average Bonchev–Trinajstić information content (AvgIpc) is 3.28. The molecule has 4 rings (SSSR count). The first-order valence-corrected chi connectivity index (χ1v) is 9.42. The topological polar surface area (TPSA) is 32.7 Å². The lowest BCUT2D eigenvalue weighted by Gasteiger charge is -2.18. The second kappa shape index (κ2) is 7.28. The number of hydrogen-bond acceptors (Lipinski definition) is 3. The van der Waals surface area contributed by atoms with Gasteiger partial charge in [0.25, 0.3) is 5.91 Å². The summed E-state index contributed by atoms with van der Waals surface area (Å²) >= 11 is 7.56. The molecule has 3 nitrogen and oxygen atoms in total. The molecule has 0 unspecified atom stereocenters. The van der Waals surface area contributed by atoms with Gasteiger partial charge in [-0.05, 0) is 35.2 Å². The first kappa shape index (κ1) is 16.8. The van der Waals surface area contributed by atoms with Crippen molar-refractivity contribution in [3.8, 4) is 0 Å².